The third kappa shape index (κ3) is 4.26. The highest BCUT2D eigenvalue weighted by atomic mass is 32.2. The van der Waals surface area contributed by atoms with E-state index in [0.717, 1.165) is 0 Å². The van der Waals surface area contributed by atoms with Crippen molar-refractivity contribution in [2.24, 2.45) is 0 Å². The fourth-order valence-electron chi connectivity index (χ4n) is 1.75. The highest BCUT2D eigenvalue weighted by molar-refractivity contribution is 7.88. The van der Waals surface area contributed by atoms with Gasteiger partial charge in [0.2, 0.25) is 0 Å². The molecule has 0 aliphatic heterocycles. The second kappa shape index (κ2) is 6.33. The zero-order valence-corrected chi connectivity index (χ0v) is 14.2. The maximum absolute atomic E-state index is 12.5. The molecule has 0 atom stereocenters. The van der Waals surface area contributed by atoms with Crippen molar-refractivity contribution >= 4 is 23.4 Å². The minimum atomic E-state index is -5.72. The lowest BCUT2D eigenvalue weighted by Gasteiger charge is -2.24. The van der Waals surface area contributed by atoms with Crippen LogP contribution in [-0.2, 0) is 10.1 Å². The Kier molecular flexibility index (Phi) is 5.34. The van der Waals surface area contributed by atoms with Gasteiger partial charge in [-0.2, -0.15) is 21.6 Å². The van der Waals surface area contributed by atoms with Gasteiger partial charge in [0.15, 0.2) is 0 Å². The number of hydrogen-bond acceptors (Lipinski definition) is 4. The fourth-order valence-corrected chi connectivity index (χ4v) is 4.07. The highest BCUT2D eigenvalue weighted by Crippen LogP contribution is 2.29. The first-order chi connectivity index (χ1) is 9.90. The molecular formula is C13H17F3O4SSi. The predicted octanol–water partition coefficient (Wildman–Crippen LogP) is 3.03. The van der Waals surface area contributed by atoms with Crippen molar-refractivity contribution in [1.29, 1.82) is 0 Å². The maximum atomic E-state index is 12.5. The summed E-state index contributed by atoms with van der Waals surface area (Å²) in [5.74, 6) is -0.0491. The van der Waals surface area contributed by atoms with E-state index in [2.05, 4.69) is 10.8 Å². The lowest BCUT2D eigenvalue weighted by molar-refractivity contribution is -0.0499. The van der Waals surface area contributed by atoms with Crippen LogP contribution in [0.15, 0.2) is 30.9 Å². The van der Waals surface area contributed by atoms with Gasteiger partial charge in [0.25, 0.3) is 0 Å². The lowest BCUT2D eigenvalue weighted by Crippen LogP contribution is -2.41. The molecule has 1 rings (SSSR count). The molecule has 9 heteroatoms. The minimum absolute atomic E-state index is 0.146. The summed E-state index contributed by atoms with van der Waals surface area (Å²) in [4.78, 5) is 0. The van der Waals surface area contributed by atoms with Crippen LogP contribution in [-0.4, -0.2) is 28.6 Å². The average Bonchev–Trinajstić information content (AvgIpc) is 2.33. The summed E-state index contributed by atoms with van der Waals surface area (Å²) < 4.78 is 69.7. The number of rotatable bonds is 6. The van der Waals surface area contributed by atoms with Crippen molar-refractivity contribution < 1.29 is 30.5 Å². The molecular weight excluding hydrogens is 337 g/mol. The van der Waals surface area contributed by atoms with E-state index in [1.54, 1.807) is 6.07 Å². The van der Waals surface area contributed by atoms with E-state index in [-0.39, 0.29) is 12.4 Å². The standard InChI is InChI=1S/C13H17F3O4SSi/c1-5-9-19-10-7-6-8-11(12(10)22(2,3)4)20-21(17,18)13(14,15)16/h5-8H,1,9H2,2-4H3. The molecule has 0 aliphatic carbocycles. The van der Waals surface area contributed by atoms with E-state index < -0.39 is 23.7 Å². The quantitative estimate of drug-likeness (QED) is 0.341. The molecule has 4 nitrogen and oxygen atoms in total. The summed E-state index contributed by atoms with van der Waals surface area (Å²) >= 11 is 0. The Labute approximate surface area is 128 Å². The first-order valence-corrected chi connectivity index (χ1v) is 11.2. The van der Waals surface area contributed by atoms with Crippen LogP contribution in [0.25, 0.3) is 0 Å². The third-order valence-electron chi connectivity index (χ3n) is 2.58. The monoisotopic (exact) mass is 354 g/mol. The Bertz CT molecular complexity index is 648. The van der Waals surface area contributed by atoms with Crippen molar-refractivity contribution in [3.63, 3.8) is 0 Å². The van der Waals surface area contributed by atoms with Crippen LogP contribution in [0, 0.1) is 0 Å². The molecule has 124 valence electrons. The van der Waals surface area contributed by atoms with Gasteiger partial charge in [-0.05, 0) is 12.1 Å². The first kappa shape index (κ1) is 18.6. The Balaban J connectivity index is 3.40. The average molecular weight is 354 g/mol. The molecule has 0 saturated carbocycles. The maximum Gasteiger partial charge on any atom is 0.534 e. The van der Waals surface area contributed by atoms with Gasteiger partial charge in [-0.15, -0.1) is 0 Å². The SMILES string of the molecule is C=CCOc1cccc(OS(=O)(=O)C(F)(F)F)c1[Si](C)(C)C. The van der Waals surface area contributed by atoms with Gasteiger partial charge >= 0.3 is 15.6 Å². The number of alkyl halides is 3. The summed E-state index contributed by atoms with van der Waals surface area (Å²) in [6.45, 7) is 9.17. The molecule has 1 aromatic rings. The molecule has 0 bridgehead atoms. The Morgan fingerprint density at radius 1 is 1.23 bits per heavy atom. The smallest absolute Gasteiger partial charge is 0.490 e. The molecule has 0 saturated heterocycles. The molecule has 0 aliphatic rings. The van der Waals surface area contributed by atoms with Crippen molar-refractivity contribution in [3.05, 3.63) is 30.9 Å². The van der Waals surface area contributed by atoms with Crippen LogP contribution >= 0.6 is 0 Å². The van der Waals surface area contributed by atoms with E-state index in [0.29, 0.717) is 10.9 Å². The van der Waals surface area contributed by atoms with Gasteiger partial charge in [-0.25, -0.2) is 0 Å². The Morgan fingerprint density at radius 2 is 1.77 bits per heavy atom. The molecule has 22 heavy (non-hydrogen) atoms. The molecule has 1 aromatic carbocycles. The second-order valence-corrected chi connectivity index (χ2v) is 12.0. The van der Waals surface area contributed by atoms with E-state index >= 15 is 0 Å². The zero-order chi connectivity index (χ0) is 17.2. The first-order valence-electron chi connectivity index (χ1n) is 6.28. The van der Waals surface area contributed by atoms with E-state index in [1.807, 2.05) is 19.6 Å². The van der Waals surface area contributed by atoms with Gasteiger partial charge in [-0.1, -0.05) is 38.4 Å². The van der Waals surface area contributed by atoms with Crippen LogP contribution in [0.4, 0.5) is 13.2 Å². The van der Waals surface area contributed by atoms with E-state index in [9.17, 15) is 21.6 Å². The van der Waals surface area contributed by atoms with Crippen LogP contribution in [0.1, 0.15) is 0 Å². The molecule has 0 aromatic heterocycles. The molecule has 0 spiro atoms. The van der Waals surface area contributed by atoms with Crippen LogP contribution in [0.3, 0.4) is 0 Å². The largest absolute Gasteiger partial charge is 0.534 e. The number of ether oxygens (including phenoxy) is 1. The van der Waals surface area contributed by atoms with Crippen LogP contribution in [0.2, 0.25) is 19.6 Å². The molecule has 0 amide bonds. The lowest BCUT2D eigenvalue weighted by atomic mass is 10.3. The third-order valence-corrected chi connectivity index (χ3v) is 5.54. The highest BCUT2D eigenvalue weighted by Gasteiger charge is 2.49. The number of halogens is 3. The van der Waals surface area contributed by atoms with Crippen molar-refractivity contribution in [2.45, 2.75) is 25.1 Å². The van der Waals surface area contributed by atoms with E-state index in [1.165, 1.54) is 18.2 Å². The summed E-state index contributed by atoms with van der Waals surface area (Å²) in [6.07, 6.45) is 1.48. The van der Waals surface area contributed by atoms with Gasteiger partial charge in [0.1, 0.15) is 18.1 Å². The minimum Gasteiger partial charge on any atom is -0.490 e. The Hall–Kier alpha value is -1.48. The Morgan fingerprint density at radius 3 is 2.23 bits per heavy atom. The molecule has 0 unspecified atom stereocenters. The normalized spacial score (nSPS) is 12.8. The summed E-state index contributed by atoms with van der Waals surface area (Å²) in [5, 5.41) is 0.365. The number of hydrogen-bond donors (Lipinski definition) is 0. The summed E-state index contributed by atoms with van der Waals surface area (Å²) in [7, 11) is -7.97. The van der Waals surface area contributed by atoms with Gasteiger partial charge in [0.05, 0.1) is 8.07 Å². The molecule has 0 heterocycles. The molecule has 0 fully saturated rings. The number of benzene rings is 1. The summed E-state index contributed by atoms with van der Waals surface area (Å²) in [6, 6.07) is 4.13. The van der Waals surface area contributed by atoms with E-state index in [4.69, 9.17) is 4.74 Å². The topological polar surface area (TPSA) is 52.6 Å². The molecule has 0 N–H and O–H groups in total. The summed E-state index contributed by atoms with van der Waals surface area (Å²) in [5.41, 5.74) is -5.48. The van der Waals surface area contributed by atoms with Gasteiger partial charge in [-0.3, -0.25) is 0 Å². The van der Waals surface area contributed by atoms with Crippen molar-refractivity contribution in [3.8, 4) is 11.5 Å². The van der Waals surface area contributed by atoms with Crippen LogP contribution < -0.4 is 14.1 Å². The molecule has 0 radical (unpaired) electrons. The second-order valence-electron chi connectivity index (χ2n) is 5.46. The zero-order valence-electron chi connectivity index (χ0n) is 12.4. The fraction of sp³-hybridized carbons (Fsp3) is 0.385. The van der Waals surface area contributed by atoms with Crippen LogP contribution in [0.5, 0.6) is 11.5 Å². The van der Waals surface area contributed by atoms with Gasteiger partial charge < -0.3 is 8.92 Å². The predicted molar refractivity (Wildman–Crippen MR) is 80.7 cm³/mol. The van der Waals surface area contributed by atoms with Crippen molar-refractivity contribution in [2.75, 3.05) is 6.61 Å². The van der Waals surface area contributed by atoms with Crippen molar-refractivity contribution in [1.82, 2.24) is 0 Å². The van der Waals surface area contributed by atoms with Gasteiger partial charge in [0, 0.05) is 5.19 Å².